The van der Waals surface area contributed by atoms with Crippen LogP contribution in [0.2, 0.25) is 0 Å². The fourth-order valence-corrected chi connectivity index (χ4v) is 5.26. The summed E-state index contributed by atoms with van der Waals surface area (Å²) in [5.74, 6) is 0.889. The number of ether oxygens (including phenoxy) is 1. The third-order valence-corrected chi connectivity index (χ3v) is 6.59. The van der Waals surface area contributed by atoms with E-state index in [9.17, 15) is 5.11 Å². The molecule has 0 bridgehead atoms. The quantitative estimate of drug-likeness (QED) is 0.669. The Labute approximate surface area is 150 Å². The first-order valence-electron chi connectivity index (χ1n) is 8.33. The van der Waals surface area contributed by atoms with Gasteiger partial charge in [-0.3, -0.25) is 0 Å². The maximum atomic E-state index is 11.7. The predicted molar refractivity (Wildman–Crippen MR) is 106 cm³/mol. The summed E-state index contributed by atoms with van der Waals surface area (Å²) < 4.78 is 5.53. The molecule has 0 saturated carbocycles. The van der Waals surface area contributed by atoms with Crippen LogP contribution >= 0.6 is 7.92 Å². The first-order chi connectivity index (χ1) is 12.1. The van der Waals surface area contributed by atoms with Crippen LogP contribution in [0, 0.1) is 0 Å². The highest BCUT2D eigenvalue weighted by atomic mass is 31.1. The van der Waals surface area contributed by atoms with E-state index in [0.717, 1.165) is 16.9 Å². The Kier molecular flexibility index (Phi) is 5.53. The Morgan fingerprint density at radius 1 is 0.800 bits per heavy atom. The first-order valence-corrected chi connectivity index (χ1v) is 10.3. The molecule has 0 saturated heterocycles. The highest BCUT2D eigenvalue weighted by Gasteiger charge is 2.34. The molecule has 0 heterocycles. The van der Waals surface area contributed by atoms with Gasteiger partial charge in [0, 0.05) is 11.5 Å². The van der Waals surface area contributed by atoms with Crippen LogP contribution in [0.3, 0.4) is 0 Å². The topological polar surface area (TPSA) is 29.5 Å². The normalized spacial score (nSPS) is 12.6. The maximum absolute atomic E-state index is 11.7. The summed E-state index contributed by atoms with van der Waals surface area (Å²) in [5.41, 5.74) is 0.819. The maximum Gasteiger partial charge on any atom is 0.126 e. The molecular formula is C22H23O2P. The van der Waals surface area contributed by atoms with E-state index >= 15 is 0 Å². The number of para-hydroxylation sites is 1. The zero-order valence-electron chi connectivity index (χ0n) is 14.6. The molecule has 3 heteroatoms. The fraction of sp³-hybridized carbons (Fsp3) is 0.182. The summed E-state index contributed by atoms with van der Waals surface area (Å²) >= 11 is 0. The number of rotatable bonds is 6. The third-order valence-electron chi connectivity index (χ3n) is 4.47. The third kappa shape index (κ3) is 3.76. The lowest BCUT2D eigenvalue weighted by atomic mass is 9.88. The molecule has 1 atom stereocenters. The minimum atomic E-state index is -1.02. The molecule has 0 fully saturated rings. The van der Waals surface area contributed by atoms with E-state index in [1.165, 1.54) is 5.30 Å². The van der Waals surface area contributed by atoms with Gasteiger partial charge in [-0.05, 0) is 23.9 Å². The van der Waals surface area contributed by atoms with Gasteiger partial charge in [-0.1, -0.05) is 86.8 Å². The largest absolute Gasteiger partial charge is 0.496 e. The highest BCUT2D eigenvalue weighted by Crippen LogP contribution is 2.43. The van der Waals surface area contributed by atoms with E-state index in [0.29, 0.717) is 6.16 Å². The number of methoxy groups -OCH3 is 1. The van der Waals surface area contributed by atoms with Crippen LogP contribution in [0.15, 0.2) is 84.9 Å². The van der Waals surface area contributed by atoms with Gasteiger partial charge in [-0.2, -0.15) is 0 Å². The van der Waals surface area contributed by atoms with Gasteiger partial charge < -0.3 is 9.84 Å². The summed E-state index contributed by atoms with van der Waals surface area (Å²) in [7, 11) is 1.08. The van der Waals surface area contributed by atoms with Gasteiger partial charge in [0.05, 0.1) is 7.11 Å². The average Bonchev–Trinajstić information content (AvgIpc) is 2.69. The van der Waals surface area contributed by atoms with Crippen molar-refractivity contribution in [2.75, 3.05) is 19.9 Å². The molecule has 0 radical (unpaired) electrons. The minimum absolute atomic E-state index is 0.613. The Morgan fingerprint density at radius 3 is 1.80 bits per heavy atom. The van der Waals surface area contributed by atoms with Crippen LogP contribution < -0.4 is 10.0 Å². The van der Waals surface area contributed by atoms with E-state index in [2.05, 4.69) is 12.7 Å². The van der Waals surface area contributed by atoms with Crippen molar-refractivity contribution >= 4 is 13.2 Å². The molecule has 3 aromatic rings. The molecule has 3 rings (SSSR count). The summed E-state index contributed by atoms with van der Waals surface area (Å²) in [6.07, 6.45) is 0.636. The molecular weight excluding hydrogens is 327 g/mol. The zero-order valence-corrected chi connectivity index (χ0v) is 15.5. The van der Waals surface area contributed by atoms with Gasteiger partial charge >= 0.3 is 0 Å². The van der Waals surface area contributed by atoms with Crippen molar-refractivity contribution in [3.05, 3.63) is 96.1 Å². The van der Waals surface area contributed by atoms with Crippen LogP contribution in [0.5, 0.6) is 5.75 Å². The standard InChI is InChI=1S/C22H23O2P/c1-24-20-15-9-10-16-21(20)25(2)17-22(23,18-11-5-3-6-12-18)19-13-7-4-8-14-19/h3-16,23H,17H2,1-2H3. The number of benzene rings is 3. The van der Waals surface area contributed by atoms with Gasteiger partial charge in [0.25, 0.3) is 0 Å². The van der Waals surface area contributed by atoms with E-state index < -0.39 is 13.5 Å². The van der Waals surface area contributed by atoms with Gasteiger partial charge in [0.15, 0.2) is 0 Å². The Hall–Kier alpha value is -2.15. The van der Waals surface area contributed by atoms with Crippen molar-refractivity contribution in [1.29, 1.82) is 0 Å². The van der Waals surface area contributed by atoms with Crippen LogP contribution in [0.1, 0.15) is 11.1 Å². The molecule has 128 valence electrons. The minimum Gasteiger partial charge on any atom is -0.496 e. The lowest BCUT2D eigenvalue weighted by Crippen LogP contribution is -2.32. The molecule has 3 aromatic carbocycles. The van der Waals surface area contributed by atoms with Gasteiger partial charge in [-0.25, -0.2) is 0 Å². The summed E-state index contributed by atoms with van der Waals surface area (Å²) in [6, 6.07) is 27.9. The molecule has 25 heavy (non-hydrogen) atoms. The highest BCUT2D eigenvalue weighted by molar-refractivity contribution is 7.65. The second kappa shape index (κ2) is 7.82. The molecule has 1 N–H and O–H groups in total. The van der Waals surface area contributed by atoms with E-state index in [1.807, 2.05) is 78.9 Å². The lowest BCUT2D eigenvalue weighted by Gasteiger charge is -2.32. The van der Waals surface area contributed by atoms with Crippen LogP contribution in [0.25, 0.3) is 0 Å². The smallest absolute Gasteiger partial charge is 0.126 e. The van der Waals surface area contributed by atoms with Crippen LogP contribution in [-0.4, -0.2) is 25.0 Å². The molecule has 0 spiro atoms. The van der Waals surface area contributed by atoms with Crippen LogP contribution in [0.4, 0.5) is 0 Å². The lowest BCUT2D eigenvalue weighted by molar-refractivity contribution is 0.107. The molecule has 2 nitrogen and oxygen atoms in total. The monoisotopic (exact) mass is 350 g/mol. The number of hydrogen-bond acceptors (Lipinski definition) is 2. The summed E-state index contributed by atoms with van der Waals surface area (Å²) in [4.78, 5) is 0. The van der Waals surface area contributed by atoms with Crippen LogP contribution in [-0.2, 0) is 5.60 Å². The van der Waals surface area contributed by atoms with Crippen molar-refractivity contribution in [3.8, 4) is 5.75 Å². The van der Waals surface area contributed by atoms with Gasteiger partial charge in [-0.15, -0.1) is 0 Å². The Bertz CT molecular complexity index is 763. The number of aliphatic hydroxyl groups is 1. The van der Waals surface area contributed by atoms with Crippen molar-refractivity contribution in [1.82, 2.24) is 0 Å². The van der Waals surface area contributed by atoms with Gasteiger partial charge in [0.1, 0.15) is 11.4 Å². The van der Waals surface area contributed by atoms with Crippen molar-refractivity contribution in [2.24, 2.45) is 0 Å². The average molecular weight is 350 g/mol. The fourth-order valence-electron chi connectivity index (χ4n) is 3.15. The summed E-state index contributed by atoms with van der Waals surface area (Å²) in [5, 5.41) is 12.9. The molecule has 0 aliphatic carbocycles. The Morgan fingerprint density at radius 2 is 1.28 bits per heavy atom. The summed E-state index contributed by atoms with van der Waals surface area (Å²) in [6.45, 7) is 2.20. The molecule has 0 aliphatic rings. The second-order valence-electron chi connectivity index (χ2n) is 6.12. The number of hydrogen-bond donors (Lipinski definition) is 1. The van der Waals surface area contributed by atoms with E-state index in [4.69, 9.17) is 4.74 Å². The van der Waals surface area contributed by atoms with Gasteiger partial charge in [0.2, 0.25) is 0 Å². The SMILES string of the molecule is COc1ccccc1P(C)CC(O)(c1ccccc1)c1ccccc1. The molecule has 1 unspecified atom stereocenters. The zero-order chi connectivity index (χ0) is 17.7. The van der Waals surface area contributed by atoms with E-state index in [1.54, 1.807) is 7.11 Å². The van der Waals surface area contributed by atoms with Crippen molar-refractivity contribution in [2.45, 2.75) is 5.60 Å². The molecule has 0 amide bonds. The molecule has 0 aromatic heterocycles. The predicted octanol–water partition coefficient (Wildman–Crippen LogP) is 4.37. The van der Waals surface area contributed by atoms with Crippen molar-refractivity contribution < 1.29 is 9.84 Å². The molecule has 0 aliphatic heterocycles. The second-order valence-corrected chi connectivity index (χ2v) is 8.31. The van der Waals surface area contributed by atoms with E-state index in [-0.39, 0.29) is 0 Å². The van der Waals surface area contributed by atoms with Crippen molar-refractivity contribution in [3.63, 3.8) is 0 Å². The first kappa shape index (κ1) is 17.7. The Balaban J connectivity index is 2.01.